The summed E-state index contributed by atoms with van der Waals surface area (Å²) in [6.45, 7) is 4.51. The maximum absolute atomic E-state index is 12.4. The standard InChI is InChI=1S/C22H28N2O3/c1-26-20-11-5-6-12-21(20)27-18-22(25)24-16-14-23(15-17-24)13-7-10-19-8-3-2-4-9-19/h2-6,8-9,11-12H,7,10,13-18H2,1H3. The second-order valence-electron chi connectivity index (χ2n) is 6.75. The molecule has 0 aliphatic carbocycles. The molecular weight excluding hydrogens is 340 g/mol. The van der Waals surface area contributed by atoms with Crippen molar-refractivity contribution in [3.8, 4) is 11.5 Å². The van der Waals surface area contributed by atoms with Gasteiger partial charge in [-0.15, -0.1) is 0 Å². The molecular formula is C22H28N2O3. The van der Waals surface area contributed by atoms with Gasteiger partial charge in [0, 0.05) is 26.2 Å². The first-order valence-corrected chi connectivity index (χ1v) is 9.56. The Balaban J connectivity index is 1.36. The third-order valence-electron chi connectivity index (χ3n) is 4.93. The van der Waals surface area contributed by atoms with Crippen molar-refractivity contribution >= 4 is 5.91 Å². The van der Waals surface area contributed by atoms with E-state index in [1.54, 1.807) is 7.11 Å². The summed E-state index contributed by atoms with van der Waals surface area (Å²) < 4.78 is 10.9. The van der Waals surface area contributed by atoms with E-state index in [-0.39, 0.29) is 12.5 Å². The molecule has 0 radical (unpaired) electrons. The lowest BCUT2D eigenvalue weighted by Crippen LogP contribution is -2.50. The maximum Gasteiger partial charge on any atom is 0.260 e. The van der Waals surface area contributed by atoms with Gasteiger partial charge in [0.15, 0.2) is 18.1 Å². The molecule has 1 heterocycles. The Morgan fingerprint density at radius 1 is 0.926 bits per heavy atom. The third-order valence-corrected chi connectivity index (χ3v) is 4.93. The van der Waals surface area contributed by atoms with Crippen LogP contribution in [0.1, 0.15) is 12.0 Å². The van der Waals surface area contributed by atoms with Gasteiger partial charge in [0.1, 0.15) is 0 Å². The largest absolute Gasteiger partial charge is 0.493 e. The Kier molecular flexibility index (Phi) is 7.11. The van der Waals surface area contributed by atoms with E-state index in [2.05, 4.69) is 35.2 Å². The summed E-state index contributed by atoms with van der Waals surface area (Å²) in [5.41, 5.74) is 1.39. The topological polar surface area (TPSA) is 42.0 Å². The highest BCUT2D eigenvalue weighted by molar-refractivity contribution is 5.78. The van der Waals surface area contributed by atoms with Crippen molar-refractivity contribution < 1.29 is 14.3 Å². The maximum atomic E-state index is 12.4. The molecule has 27 heavy (non-hydrogen) atoms. The summed E-state index contributed by atoms with van der Waals surface area (Å²) in [7, 11) is 1.60. The number of benzene rings is 2. The van der Waals surface area contributed by atoms with E-state index in [1.807, 2.05) is 29.2 Å². The molecule has 0 saturated carbocycles. The molecule has 2 aromatic carbocycles. The van der Waals surface area contributed by atoms with Crippen LogP contribution in [0.4, 0.5) is 0 Å². The summed E-state index contributed by atoms with van der Waals surface area (Å²) in [4.78, 5) is 16.7. The van der Waals surface area contributed by atoms with Gasteiger partial charge in [-0.1, -0.05) is 42.5 Å². The van der Waals surface area contributed by atoms with Crippen molar-refractivity contribution in [2.24, 2.45) is 0 Å². The van der Waals surface area contributed by atoms with E-state index in [9.17, 15) is 4.79 Å². The Labute approximate surface area is 161 Å². The van der Waals surface area contributed by atoms with Crippen LogP contribution in [0.5, 0.6) is 11.5 Å². The number of hydrogen-bond acceptors (Lipinski definition) is 4. The number of piperazine rings is 1. The first-order valence-electron chi connectivity index (χ1n) is 9.56. The van der Waals surface area contributed by atoms with Gasteiger partial charge in [-0.05, 0) is 37.1 Å². The Morgan fingerprint density at radius 3 is 2.30 bits per heavy atom. The van der Waals surface area contributed by atoms with E-state index >= 15 is 0 Å². The molecule has 5 heteroatoms. The number of hydrogen-bond donors (Lipinski definition) is 0. The van der Waals surface area contributed by atoms with Gasteiger partial charge in [-0.3, -0.25) is 9.69 Å². The lowest BCUT2D eigenvalue weighted by Gasteiger charge is -2.34. The molecule has 5 nitrogen and oxygen atoms in total. The molecule has 3 rings (SSSR count). The van der Waals surface area contributed by atoms with Crippen LogP contribution in [0, 0.1) is 0 Å². The zero-order chi connectivity index (χ0) is 18.9. The Bertz CT molecular complexity index is 713. The first-order chi connectivity index (χ1) is 13.3. The summed E-state index contributed by atoms with van der Waals surface area (Å²) in [6, 6.07) is 18.0. The Morgan fingerprint density at radius 2 is 1.59 bits per heavy atom. The highest BCUT2D eigenvalue weighted by Crippen LogP contribution is 2.25. The normalized spacial score (nSPS) is 14.8. The second-order valence-corrected chi connectivity index (χ2v) is 6.75. The van der Waals surface area contributed by atoms with Crippen molar-refractivity contribution in [3.63, 3.8) is 0 Å². The van der Waals surface area contributed by atoms with Crippen molar-refractivity contribution in [2.45, 2.75) is 12.8 Å². The zero-order valence-electron chi connectivity index (χ0n) is 16.0. The molecule has 0 spiro atoms. The smallest absolute Gasteiger partial charge is 0.260 e. The van der Waals surface area contributed by atoms with E-state index < -0.39 is 0 Å². The van der Waals surface area contributed by atoms with Gasteiger partial charge in [-0.25, -0.2) is 0 Å². The van der Waals surface area contributed by atoms with Crippen LogP contribution in [0.25, 0.3) is 0 Å². The molecule has 1 saturated heterocycles. The van der Waals surface area contributed by atoms with Crippen LogP contribution < -0.4 is 9.47 Å². The summed E-state index contributed by atoms with van der Waals surface area (Å²) in [5.74, 6) is 1.28. The zero-order valence-corrected chi connectivity index (χ0v) is 16.0. The van der Waals surface area contributed by atoms with Crippen molar-refractivity contribution in [2.75, 3.05) is 46.4 Å². The quantitative estimate of drug-likeness (QED) is 0.719. The number of rotatable bonds is 8. The molecule has 1 aliphatic heterocycles. The van der Waals surface area contributed by atoms with Crippen molar-refractivity contribution in [1.82, 2.24) is 9.80 Å². The third kappa shape index (κ3) is 5.73. The van der Waals surface area contributed by atoms with Gasteiger partial charge < -0.3 is 14.4 Å². The first kappa shape index (κ1) is 19.2. The minimum absolute atomic E-state index is 0.0323. The molecule has 1 aliphatic rings. The van der Waals surface area contributed by atoms with E-state index in [1.165, 1.54) is 5.56 Å². The monoisotopic (exact) mass is 368 g/mol. The number of amides is 1. The fraction of sp³-hybridized carbons (Fsp3) is 0.409. The summed E-state index contributed by atoms with van der Waals surface area (Å²) in [5, 5.41) is 0. The van der Waals surface area contributed by atoms with Gasteiger partial charge >= 0.3 is 0 Å². The summed E-state index contributed by atoms with van der Waals surface area (Å²) >= 11 is 0. The second kappa shape index (κ2) is 9.97. The number of methoxy groups -OCH3 is 1. The fourth-order valence-corrected chi connectivity index (χ4v) is 3.34. The van der Waals surface area contributed by atoms with E-state index in [4.69, 9.17) is 9.47 Å². The SMILES string of the molecule is COc1ccccc1OCC(=O)N1CCN(CCCc2ccccc2)CC1. The van der Waals surface area contributed by atoms with Crippen LogP contribution in [0.3, 0.4) is 0 Å². The number of aryl methyl sites for hydroxylation is 1. The van der Waals surface area contributed by atoms with Crippen molar-refractivity contribution in [3.05, 3.63) is 60.2 Å². The highest BCUT2D eigenvalue weighted by atomic mass is 16.5. The predicted octanol–water partition coefficient (Wildman–Crippen LogP) is 2.85. The molecule has 0 unspecified atom stereocenters. The van der Waals surface area contributed by atoms with E-state index in [0.717, 1.165) is 45.6 Å². The van der Waals surface area contributed by atoms with Crippen LogP contribution in [-0.4, -0.2) is 62.1 Å². The molecule has 1 fully saturated rings. The minimum Gasteiger partial charge on any atom is -0.493 e. The molecule has 2 aromatic rings. The fourth-order valence-electron chi connectivity index (χ4n) is 3.34. The average Bonchev–Trinajstić information content (AvgIpc) is 2.73. The van der Waals surface area contributed by atoms with Gasteiger partial charge in [0.05, 0.1) is 7.11 Å². The van der Waals surface area contributed by atoms with Gasteiger partial charge in [-0.2, -0.15) is 0 Å². The van der Waals surface area contributed by atoms with Gasteiger partial charge in [0.25, 0.3) is 5.91 Å². The molecule has 0 atom stereocenters. The lowest BCUT2D eigenvalue weighted by atomic mass is 10.1. The molecule has 0 bridgehead atoms. The van der Waals surface area contributed by atoms with E-state index in [0.29, 0.717) is 11.5 Å². The number of carbonyl (C=O) groups is 1. The lowest BCUT2D eigenvalue weighted by molar-refractivity contribution is -0.135. The Hall–Kier alpha value is -2.53. The molecule has 144 valence electrons. The number of para-hydroxylation sites is 2. The van der Waals surface area contributed by atoms with Crippen LogP contribution in [0.15, 0.2) is 54.6 Å². The van der Waals surface area contributed by atoms with Crippen LogP contribution in [-0.2, 0) is 11.2 Å². The van der Waals surface area contributed by atoms with Crippen molar-refractivity contribution in [1.29, 1.82) is 0 Å². The molecule has 0 aromatic heterocycles. The highest BCUT2D eigenvalue weighted by Gasteiger charge is 2.21. The minimum atomic E-state index is 0.0323. The summed E-state index contributed by atoms with van der Waals surface area (Å²) in [6.07, 6.45) is 2.25. The number of nitrogens with zero attached hydrogens (tertiary/aromatic N) is 2. The van der Waals surface area contributed by atoms with Crippen LogP contribution >= 0.6 is 0 Å². The molecule has 1 amide bonds. The van der Waals surface area contributed by atoms with Gasteiger partial charge in [0.2, 0.25) is 0 Å². The predicted molar refractivity (Wildman–Crippen MR) is 106 cm³/mol. The molecule has 0 N–H and O–H groups in total. The van der Waals surface area contributed by atoms with Crippen LogP contribution in [0.2, 0.25) is 0 Å². The number of ether oxygens (including phenoxy) is 2. The average molecular weight is 368 g/mol. The number of carbonyl (C=O) groups excluding carboxylic acids is 1.